The molecular formula is C14H20N4O. The highest BCUT2D eigenvalue weighted by Crippen LogP contribution is 2.26. The molecule has 19 heavy (non-hydrogen) atoms. The number of aromatic nitrogens is 3. The first-order chi connectivity index (χ1) is 9.29. The predicted octanol–water partition coefficient (Wildman–Crippen LogP) is 1.88. The highest BCUT2D eigenvalue weighted by molar-refractivity contribution is 5.79. The van der Waals surface area contributed by atoms with Crippen LogP contribution in [0.2, 0.25) is 0 Å². The first-order valence-corrected chi connectivity index (χ1v) is 6.89. The van der Waals surface area contributed by atoms with Gasteiger partial charge in [0.25, 0.3) is 0 Å². The van der Waals surface area contributed by atoms with E-state index in [0.29, 0.717) is 11.9 Å². The lowest BCUT2D eigenvalue weighted by Crippen LogP contribution is -2.43. The normalized spacial score (nSPS) is 23.7. The number of nitrogens with one attached hydrogen (secondary N) is 1. The Hall–Kier alpha value is -1.62. The number of fused-ring (bicyclic) bond motifs is 1. The minimum Gasteiger partial charge on any atom is -0.471 e. The summed E-state index contributed by atoms with van der Waals surface area (Å²) in [5.74, 6) is 0.658. The van der Waals surface area contributed by atoms with Gasteiger partial charge in [0.1, 0.15) is 6.10 Å². The summed E-state index contributed by atoms with van der Waals surface area (Å²) in [7, 11) is 3.98. The third-order valence-corrected chi connectivity index (χ3v) is 3.95. The molecule has 2 heterocycles. The fourth-order valence-corrected chi connectivity index (χ4v) is 2.84. The molecule has 3 rings (SSSR count). The van der Waals surface area contributed by atoms with Crippen LogP contribution >= 0.6 is 0 Å². The lowest BCUT2D eigenvalue weighted by molar-refractivity contribution is 0.114. The monoisotopic (exact) mass is 260 g/mol. The molecule has 1 saturated carbocycles. The van der Waals surface area contributed by atoms with Gasteiger partial charge < -0.3 is 14.6 Å². The van der Waals surface area contributed by atoms with Gasteiger partial charge in [-0.15, -0.1) is 0 Å². The van der Waals surface area contributed by atoms with Gasteiger partial charge in [-0.25, -0.2) is 9.97 Å². The number of rotatable bonds is 3. The summed E-state index contributed by atoms with van der Waals surface area (Å²) in [6, 6.07) is 2.38. The fourth-order valence-electron chi connectivity index (χ4n) is 2.84. The van der Waals surface area contributed by atoms with E-state index < -0.39 is 0 Å². The fraction of sp³-hybridized carbons (Fsp3) is 0.571. The zero-order chi connectivity index (χ0) is 13.2. The van der Waals surface area contributed by atoms with Crippen LogP contribution in [0.3, 0.4) is 0 Å². The van der Waals surface area contributed by atoms with Crippen molar-refractivity contribution in [2.75, 3.05) is 7.05 Å². The zero-order valence-corrected chi connectivity index (χ0v) is 11.5. The topological polar surface area (TPSA) is 52.0 Å². The largest absolute Gasteiger partial charge is 0.471 e. The van der Waals surface area contributed by atoms with Gasteiger partial charge in [-0.3, -0.25) is 0 Å². The van der Waals surface area contributed by atoms with E-state index in [1.54, 1.807) is 12.5 Å². The Morgan fingerprint density at radius 2 is 2.16 bits per heavy atom. The first kappa shape index (κ1) is 12.4. The van der Waals surface area contributed by atoms with Crippen molar-refractivity contribution in [3.05, 3.63) is 18.6 Å². The number of ether oxygens (including phenoxy) is 1. The van der Waals surface area contributed by atoms with Gasteiger partial charge in [0, 0.05) is 19.3 Å². The number of aryl methyl sites for hydroxylation is 1. The minimum absolute atomic E-state index is 0.193. The van der Waals surface area contributed by atoms with E-state index in [1.165, 1.54) is 19.3 Å². The summed E-state index contributed by atoms with van der Waals surface area (Å²) in [5.41, 5.74) is 1.91. The van der Waals surface area contributed by atoms with E-state index in [0.717, 1.165) is 17.5 Å². The molecule has 1 aliphatic rings. The molecule has 0 spiro atoms. The van der Waals surface area contributed by atoms with Gasteiger partial charge in [0.2, 0.25) is 5.88 Å². The van der Waals surface area contributed by atoms with Crippen molar-refractivity contribution in [1.82, 2.24) is 19.9 Å². The molecule has 1 N–H and O–H groups in total. The van der Waals surface area contributed by atoms with Crippen LogP contribution in [0.4, 0.5) is 0 Å². The van der Waals surface area contributed by atoms with Crippen molar-refractivity contribution in [3.63, 3.8) is 0 Å². The van der Waals surface area contributed by atoms with Crippen molar-refractivity contribution in [1.29, 1.82) is 0 Å². The molecule has 0 aromatic carbocycles. The Bertz CT molecular complexity index is 566. The Kier molecular flexibility index (Phi) is 3.38. The molecule has 1 fully saturated rings. The number of nitrogens with zero attached hydrogens (tertiary/aromatic N) is 3. The minimum atomic E-state index is 0.193. The van der Waals surface area contributed by atoms with Gasteiger partial charge in [0.15, 0.2) is 5.52 Å². The number of likely N-dealkylation sites (N-methyl/N-ethyl adjacent to an activating group) is 1. The van der Waals surface area contributed by atoms with Crippen LogP contribution in [0.15, 0.2) is 18.6 Å². The molecule has 2 unspecified atom stereocenters. The molecule has 5 nitrogen and oxygen atoms in total. The van der Waals surface area contributed by atoms with Crippen LogP contribution in [-0.4, -0.2) is 33.7 Å². The highest BCUT2D eigenvalue weighted by Gasteiger charge is 2.26. The summed E-state index contributed by atoms with van der Waals surface area (Å²) in [6.45, 7) is 0. The van der Waals surface area contributed by atoms with E-state index in [1.807, 2.05) is 24.7 Å². The maximum Gasteiger partial charge on any atom is 0.242 e. The van der Waals surface area contributed by atoms with Gasteiger partial charge in [0.05, 0.1) is 11.8 Å². The molecule has 0 radical (unpaired) electrons. The standard InChI is InChI=1S/C14H20N4O/c1-15-10-5-3-4-6-12(10)19-14-13-11(7-8-16-14)18(2)9-17-13/h7-10,12,15H,3-6H2,1-2H3. The van der Waals surface area contributed by atoms with Gasteiger partial charge in [-0.2, -0.15) is 0 Å². The maximum atomic E-state index is 6.14. The number of imidazole rings is 1. The summed E-state index contributed by atoms with van der Waals surface area (Å²) in [5, 5.41) is 3.35. The molecule has 2 aromatic heterocycles. The van der Waals surface area contributed by atoms with Crippen molar-refractivity contribution >= 4 is 11.0 Å². The quantitative estimate of drug-likeness (QED) is 0.915. The van der Waals surface area contributed by atoms with E-state index in [-0.39, 0.29) is 6.10 Å². The van der Waals surface area contributed by atoms with Crippen LogP contribution < -0.4 is 10.1 Å². The zero-order valence-electron chi connectivity index (χ0n) is 11.5. The number of hydrogen-bond acceptors (Lipinski definition) is 4. The third-order valence-electron chi connectivity index (χ3n) is 3.95. The number of pyridine rings is 1. The lowest BCUT2D eigenvalue weighted by atomic mass is 9.92. The molecule has 0 bridgehead atoms. The van der Waals surface area contributed by atoms with E-state index in [4.69, 9.17) is 4.74 Å². The van der Waals surface area contributed by atoms with Crippen molar-refractivity contribution < 1.29 is 4.74 Å². The molecule has 0 amide bonds. The van der Waals surface area contributed by atoms with Crippen LogP contribution in [-0.2, 0) is 7.05 Å². The average molecular weight is 260 g/mol. The number of hydrogen-bond donors (Lipinski definition) is 1. The van der Waals surface area contributed by atoms with E-state index in [9.17, 15) is 0 Å². The van der Waals surface area contributed by atoms with E-state index in [2.05, 4.69) is 15.3 Å². The third kappa shape index (κ3) is 2.30. The molecule has 0 saturated heterocycles. The lowest BCUT2D eigenvalue weighted by Gasteiger charge is -2.31. The first-order valence-electron chi connectivity index (χ1n) is 6.89. The Morgan fingerprint density at radius 1 is 1.32 bits per heavy atom. The summed E-state index contributed by atoms with van der Waals surface area (Å²) < 4.78 is 8.12. The molecule has 102 valence electrons. The second kappa shape index (κ2) is 5.17. The highest BCUT2D eigenvalue weighted by atomic mass is 16.5. The van der Waals surface area contributed by atoms with Crippen molar-refractivity contribution in [3.8, 4) is 5.88 Å². The van der Waals surface area contributed by atoms with Gasteiger partial charge >= 0.3 is 0 Å². The Morgan fingerprint density at radius 3 is 3.00 bits per heavy atom. The molecule has 1 aliphatic carbocycles. The smallest absolute Gasteiger partial charge is 0.242 e. The van der Waals surface area contributed by atoms with Crippen molar-refractivity contribution in [2.45, 2.75) is 37.8 Å². The molecule has 2 aromatic rings. The molecule has 0 aliphatic heterocycles. The summed E-state index contributed by atoms with van der Waals surface area (Å²) in [6.07, 6.45) is 8.52. The Balaban J connectivity index is 1.88. The second-order valence-corrected chi connectivity index (χ2v) is 5.18. The predicted molar refractivity (Wildman–Crippen MR) is 74.2 cm³/mol. The Labute approximate surface area is 113 Å². The molecular weight excluding hydrogens is 240 g/mol. The summed E-state index contributed by atoms with van der Waals surface area (Å²) in [4.78, 5) is 8.75. The second-order valence-electron chi connectivity index (χ2n) is 5.18. The molecule has 2 atom stereocenters. The van der Waals surface area contributed by atoms with Crippen LogP contribution in [0, 0.1) is 0 Å². The van der Waals surface area contributed by atoms with Gasteiger partial charge in [-0.1, -0.05) is 6.42 Å². The van der Waals surface area contributed by atoms with Crippen molar-refractivity contribution in [2.24, 2.45) is 7.05 Å². The summed E-state index contributed by atoms with van der Waals surface area (Å²) >= 11 is 0. The maximum absolute atomic E-state index is 6.14. The van der Waals surface area contributed by atoms with Gasteiger partial charge in [-0.05, 0) is 32.4 Å². The van der Waals surface area contributed by atoms with Crippen LogP contribution in [0.1, 0.15) is 25.7 Å². The SMILES string of the molecule is CNC1CCCCC1Oc1nccc2c1ncn2C. The van der Waals surface area contributed by atoms with E-state index >= 15 is 0 Å². The van der Waals surface area contributed by atoms with Crippen LogP contribution in [0.25, 0.3) is 11.0 Å². The average Bonchev–Trinajstić information content (AvgIpc) is 2.82. The molecule has 5 heteroatoms. The van der Waals surface area contributed by atoms with Crippen LogP contribution in [0.5, 0.6) is 5.88 Å².